The SMILES string of the molecule is Cc1c(/C=N/N=C/c2[nH]c(C(=O)OC(C)(C)C)c(C)c2C)[nH]c(C(=O)OC(C)(C)C)c1C. The fraction of sp³-hybridized carbons (Fsp3) is 0.500. The topological polar surface area (TPSA) is 109 Å². The number of aromatic amines is 2. The second kappa shape index (κ2) is 9.14. The van der Waals surface area contributed by atoms with Crippen LogP contribution in [-0.2, 0) is 9.47 Å². The van der Waals surface area contributed by atoms with Gasteiger partial charge in [-0.25, -0.2) is 9.59 Å². The van der Waals surface area contributed by atoms with Crippen LogP contribution >= 0.6 is 0 Å². The van der Waals surface area contributed by atoms with Crippen molar-refractivity contribution in [1.29, 1.82) is 0 Å². The van der Waals surface area contributed by atoms with E-state index in [1.807, 2.05) is 69.2 Å². The molecular formula is C24H34N4O4. The number of aromatic nitrogens is 2. The average Bonchev–Trinajstić information content (AvgIpc) is 3.07. The number of hydrogen-bond acceptors (Lipinski definition) is 6. The maximum atomic E-state index is 12.4. The van der Waals surface area contributed by atoms with Crippen molar-refractivity contribution in [3.8, 4) is 0 Å². The molecule has 0 bridgehead atoms. The van der Waals surface area contributed by atoms with E-state index < -0.39 is 23.1 Å². The lowest BCUT2D eigenvalue weighted by molar-refractivity contribution is 0.00503. The van der Waals surface area contributed by atoms with Gasteiger partial charge in [0, 0.05) is 0 Å². The number of nitrogens with one attached hydrogen (secondary N) is 2. The fourth-order valence-electron chi connectivity index (χ4n) is 2.93. The van der Waals surface area contributed by atoms with Gasteiger partial charge in [-0.1, -0.05) is 0 Å². The van der Waals surface area contributed by atoms with Gasteiger partial charge in [-0.2, -0.15) is 10.2 Å². The molecule has 174 valence electrons. The molecule has 0 saturated carbocycles. The molecule has 0 saturated heterocycles. The van der Waals surface area contributed by atoms with Crippen molar-refractivity contribution < 1.29 is 19.1 Å². The maximum Gasteiger partial charge on any atom is 0.355 e. The van der Waals surface area contributed by atoms with E-state index in [4.69, 9.17) is 9.47 Å². The van der Waals surface area contributed by atoms with E-state index in [0.29, 0.717) is 22.8 Å². The van der Waals surface area contributed by atoms with Crippen LogP contribution in [0, 0.1) is 27.7 Å². The Morgan fingerprint density at radius 3 is 1.25 bits per heavy atom. The Bertz CT molecular complexity index is 987. The number of esters is 2. The predicted octanol–water partition coefficient (Wildman–Crippen LogP) is 4.94. The summed E-state index contributed by atoms with van der Waals surface area (Å²) in [6.07, 6.45) is 3.10. The van der Waals surface area contributed by atoms with Crippen LogP contribution in [0.2, 0.25) is 0 Å². The highest BCUT2D eigenvalue weighted by molar-refractivity contribution is 5.94. The Kier molecular flexibility index (Phi) is 7.17. The smallest absolute Gasteiger partial charge is 0.355 e. The first-order valence-electron chi connectivity index (χ1n) is 10.5. The number of hydrogen-bond donors (Lipinski definition) is 2. The molecule has 32 heavy (non-hydrogen) atoms. The highest BCUT2D eigenvalue weighted by Crippen LogP contribution is 2.21. The minimum atomic E-state index is -0.578. The summed E-state index contributed by atoms with van der Waals surface area (Å²) in [6.45, 7) is 18.5. The van der Waals surface area contributed by atoms with Crippen LogP contribution in [0.1, 0.15) is 96.2 Å². The lowest BCUT2D eigenvalue weighted by Gasteiger charge is -2.19. The van der Waals surface area contributed by atoms with Crippen LogP contribution in [0.15, 0.2) is 10.2 Å². The van der Waals surface area contributed by atoms with E-state index in [1.54, 1.807) is 12.4 Å². The van der Waals surface area contributed by atoms with Gasteiger partial charge in [0.15, 0.2) is 0 Å². The summed E-state index contributed by atoms with van der Waals surface area (Å²) in [5.74, 6) is -0.818. The molecule has 2 aromatic heterocycles. The van der Waals surface area contributed by atoms with Gasteiger partial charge in [-0.15, -0.1) is 0 Å². The van der Waals surface area contributed by atoms with Gasteiger partial charge >= 0.3 is 11.9 Å². The predicted molar refractivity (Wildman–Crippen MR) is 126 cm³/mol. The first kappa shape index (κ1) is 25.1. The summed E-state index contributed by atoms with van der Waals surface area (Å²) in [6, 6.07) is 0. The summed E-state index contributed by atoms with van der Waals surface area (Å²) >= 11 is 0. The van der Waals surface area contributed by atoms with E-state index in [-0.39, 0.29) is 0 Å². The van der Waals surface area contributed by atoms with Crippen molar-refractivity contribution in [1.82, 2.24) is 9.97 Å². The van der Waals surface area contributed by atoms with E-state index >= 15 is 0 Å². The Morgan fingerprint density at radius 2 is 0.969 bits per heavy atom. The number of ether oxygens (including phenoxy) is 2. The Balaban J connectivity index is 2.20. The van der Waals surface area contributed by atoms with Crippen molar-refractivity contribution in [3.63, 3.8) is 0 Å². The molecule has 2 N–H and O–H groups in total. The first-order chi connectivity index (χ1) is 14.6. The molecule has 8 nitrogen and oxygen atoms in total. The lowest BCUT2D eigenvalue weighted by Crippen LogP contribution is -2.24. The Hall–Kier alpha value is -3.16. The largest absolute Gasteiger partial charge is 0.455 e. The van der Waals surface area contributed by atoms with Crippen molar-refractivity contribution >= 4 is 24.4 Å². The van der Waals surface area contributed by atoms with Gasteiger partial charge in [0.05, 0.1) is 23.8 Å². The number of nitrogens with zero attached hydrogens (tertiary/aromatic N) is 2. The van der Waals surface area contributed by atoms with Crippen molar-refractivity contribution in [3.05, 3.63) is 45.0 Å². The van der Waals surface area contributed by atoms with Gasteiger partial charge in [-0.3, -0.25) is 0 Å². The molecule has 2 aromatic rings. The zero-order valence-electron chi connectivity index (χ0n) is 20.7. The quantitative estimate of drug-likeness (QED) is 0.388. The summed E-state index contributed by atoms with van der Waals surface area (Å²) in [5.41, 5.74) is 4.40. The number of H-pyrrole nitrogens is 2. The number of carbonyl (C=O) groups excluding carboxylic acids is 2. The van der Waals surface area contributed by atoms with Crippen molar-refractivity contribution in [2.75, 3.05) is 0 Å². The van der Waals surface area contributed by atoms with E-state index in [0.717, 1.165) is 22.3 Å². The van der Waals surface area contributed by atoms with E-state index in [2.05, 4.69) is 20.2 Å². The summed E-state index contributed by atoms with van der Waals surface area (Å²) in [5, 5.41) is 8.19. The van der Waals surface area contributed by atoms with Crippen molar-refractivity contribution in [2.45, 2.75) is 80.4 Å². The summed E-state index contributed by atoms with van der Waals surface area (Å²) in [7, 11) is 0. The highest BCUT2D eigenvalue weighted by Gasteiger charge is 2.23. The zero-order chi connectivity index (χ0) is 24.4. The number of rotatable bonds is 5. The molecule has 0 unspecified atom stereocenters. The molecule has 0 amide bonds. The molecule has 0 atom stereocenters. The second-order valence-electron chi connectivity index (χ2n) is 9.82. The monoisotopic (exact) mass is 442 g/mol. The van der Waals surface area contributed by atoms with Gasteiger partial charge in [0.25, 0.3) is 0 Å². The molecular weight excluding hydrogens is 408 g/mol. The summed E-state index contributed by atoms with van der Waals surface area (Å²) < 4.78 is 10.9. The van der Waals surface area contributed by atoms with Crippen molar-refractivity contribution in [2.24, 2.45) is 10.2 Å². The molecule has 2 rings (SSSR count). The minimum absolute atomic E-state index is 0.403. The first-order valence-corrected chi connectivity index (χ1v) is 10.5. The van der Waals surface area contributed by atoms with Crippen LogP contribution in [0.5, 0.6) is 0 Å². The van der Waals surface area contributed by atoms with Crippen LogP contribution in [0.4, 0.5) is 0 Å². The number of carbonyl (C=O) groups is 2. The normalized spacial score (nSPS) is 12.7. The average molecular weight is 443 g/mol. The third kappa shape index (κ3) is 6.18. The van der Waals surface area contributed by atoms with Gasteiger partial charge in [0.2, 0.25) is 0 Å². The molecule has 0 spiro atoms. The molecule has 0 aliphatic rings. The summed E-state index contributed by atoms with van der Waals surface area (Å²) in [4.78, 5) is 30.9. The van der Waals surface area contributed by atoms with Crippen LogP contribution in [0.3, 0.4) is 0 Å². The van der Waals surface area contributed by atoms with Crippen LogP contribution in [0.25, 0.3) is 0 Å². The zero-order valence-corrected chi connectivity index (χ0v) is 20.7. The molecule has 0 radical (unpaired) electrons. The lowest BCUT2D eigenvalue weighted by atomic mass is 10.1. The van der Waals surface area contributed by atoms with Gasteiger partial charge < -0.3 is 19.4 Å². The third-order valence-electron chi connectivity index (χ3n) is 4.85. The third-order valence-corrected chi connectivity index (χ3v) is 4.85. The van der Waals surface area contributed by atoms with Crippen LogP contribution in [-0.4, -0.2) is 45.5 Å². The molecule has 2 heterocycles. The molecule has 0 aromatic carbocycles. The van der Waals surface area contributed by atoms with Gasteiger partial charge in [0.1, 0.15) is 22.6 Å². The maximum absolute atomic E-state index is 12.4. The molecule has 8 heteroatoms. The molecule has 0 aliphatic heterocycles. The van der Waals surface area contributed by atoms with Gasteiger partial charge in [-0.05, 0) is 91.5 Å². The van der Waals surface area contributed by atoms with E-state index in [9.17, 15) is 9.59 Å². The highest BCUT2D eigenvalue weighted by atomic mass is 16.6. The minimum Gasteiger partial charge on any atom is -0.455 e. The fourth-order valence-corrected chi connectivity index (χ4v) is 2.93. The molecule has 0 fully saturated rings. The molecule has 0 aliphatic carbocycles. The van der Waals surface area contributed by atoms with Crippen LogP contribution < -0.4 is 0 Å². The Labute approximate surface area is 189 Å². The van der Waals surface area contributed by atoms with E-state index in [1.165, 1.54) is 0 Å². The Morgan fingerprint density at radius 1 is 0.656 bits per heavy atom. The standard InChI is InChI=1S/C24H34N4O4/c1-13-15(3)19(21(29)31-23(5,6)7)27-17(13)11-25-26-12-18-14(2)16(4)20(28-18)22(30)32-24(8,9)10/h11-12,27-28H,1-10H3/b25-11+,26-12+. The second-order valence-corrected chi connectivity index (χ2v) is 9.82.